The van der Waals surface area contributed by atoms with E-state index in [1.165, 1.54) is 21.5 Å². The number of benzene rings is 1. The Hall–Kier alpha value is -1.54. The Morgan fingerprint density at radius 2 is 2.00 bits per heavy atom. The van der Waals surface area contributed by atoms with Crippen LogP contribution in [0.3, 0.4) is 0 Å². The molecule has 0 saturated heterocycles. The van der Waals surface area contributed by atoms with Gasteiger partial charge in [0.1, 0.15) is 0 Å². The van der Waals surface area contributed by atoms with E-state index in [0.717, 1.165) is 13.0 Å². The summed E-state index contributed by atoms with van der Waals surface area (Å²) in [5, 5.41) is 3.49. The van der Waals surface area contributed by atoms with Crippen molar-refractivity contribution >= 4 is 22.2 Å². The molecule has 2 heteroatoms. The molecule has 0 spiro atoms. The molecule has 0 aliphatic heterocycles. The number of hydrogen-bond acceptors (Lipinski definition) is 1. The van der Waals surface area contributed by atoms with Gasteiger partial charge >= 0.3 is 0 Å². The molecule has 0 N–H and O–H groups in total. The van der Waals surface area contributed by atoms with Gasteiger partial charge in [0.2, 0.25) is 0 Å². The van der Waals surface area contributed by atoms with Gasteiger partial charge in [0.15, 0.2) is 0 Å². The van der Waals surface area contributed by atoms with Crippen molar-refractivity contribution < 1.29 is 0 Å². The summed E-state index contributed by atoms with van der Waals surface area (Å²) >= 11 is 1.84. The predicted molar refractivity (Wildman–Crippen MR) is 74.7 cm³/mol. The molecule has 2 aromatic heterocycles. The van der Waals surface area contributed by atoms with Crippen LogP contribution in [0.4, 0.5) is 0 Å². The van der Waals surface area contributed by atoms with Crippen molar-refractivity contribution in [2.45, 2.75) is 19.9 Å². The second-order valence-electron chi connectivity index (χ2n) is 4.33. The summed E-state index contributed by atoms with van der Waals surface area (Å²) in [6, 6.07) is 15.2. The summed E-state index contributed by atoms with van der Waals surface area (Å²) in [4.78, 5) is 1.46. The van der Waals surface area contributed by atoms with Crippen LogP contribution >= 0.6 is 11.3 Å². The van der Waals surface area contributed by atoms with Gasteiger partial charge in [0.05, 0.1) is 0 Å². The van der Waals surface area contributed by atoms with E-state index in [1.54, 1.807) is 0 Å². The van der Waals surface area contributed by atoms with Gasteiger partial charge < -0.3 is 4.57 Å². The molecule has 2 heterocycles. The average Bonchev–Trinajstić information content (AvgIpc) is 2.93. The van der Waals surface area contributed by atoms with E-state index in [4.69, 9.17) is 0 Å². The van der Waals surface area contributed by atoms with Gasteiger partial charge in [0.25, 0.3) is 0 Å². The van der Waals surface area contributed by atoms with Crippen molar-refractivity contribution in [1.29, 1.82) is 0 Å². The topological polar surface area (TPSA) is 4.93 Å². The Labute approximate surface area is 105 Å². The quantitative estimate of drug-likeness (QED) is 0.646. The minimum atomic E-state index is 1.07. The lowest BCUT2D eigenvalue weighted by Crippen LogP contribution is -2.01. The van der Waals surface area contributed by atoms with E-state index in [9.17, 15) is 0 Å². The molecule has 0 aliphatic rings. The van der Waals surface area contributed by atoms with Crippen molar-refractivity contribution in [3.8, 4) is 0 Å². The second-order valence-corrected chi connectivity index (χ2v) is 5.36. The number of thiophene rings is 1. The van der Waals surface area contributed by atoms with Gasteiger partial charge in [-0.25, -0.2) is 0 Å². The minimum absolute atomic E-state index is 1.07. The standard InChI is InChI=1S/C15H15NS/c1-12-11-13-5-2-3-7-15(13)16(12)9-8-14-6-4-10-17-14/h2-7,10-11H,8-9H2,1H3. The third-order valence-corrected chi connectivity index (χ3v) is 4.12. The van der Waals surface area contributed by atoms with E-state index >= 15 is 0 Å². The Kier molecular flexibility index (Phi) is 2.73. The number of aryl methyl sites for hydroxylation is 3. The zero-order valence-electron chi connectivity index (χ0n) is 9.89. The fourth-order valence-electron chi connectivity index (χ4n) is 2.32. The number of hydrogen-bond donors (Lipinski definition) is 0. The molecule has 0 atom stereocenters. The number of rotatable bonds is 3. The Morgan fingerprint density at radius 1 is 1.12 bits per heavy atom. The zero-order valence-corrected chi connectivity index (χ0v) is 10.7. The normalized spacial score (nSPS) is 11.1. The third kappa shape index (κ3) is 2.01. The zero-order chi connectivity index (χ0) is 11.7. The first-order valence-electron chi connectivity index (χ1n) is 5.92. The van der Waals surface area contributed by atoms with Crippen LogP contribution in [-0.4, -0.2) is 4.57 Å². The Morgan fingerprint density at radius 3 is 2.82 bits per heavy atom. The van der Waals surface area contributed by atoms with Gasteiger partial charge in [-0.2, -0.15) is 0 Å². The fourth-order valence-corrected chi connectivity index (χ4v) is 3.02. The molecule has 3 rings (SSSR count). The highest BCUT2D eigenvalue weighted by molar-refractivity contribution is 7.09. The highest BCUT2D eigenvalue weighted by Gasteiger charge is 2.04. The number of fused-ring (bicyclic) bond motifs is 1. The summed E-state index contributed by atoms with van der Waals surface area (Å²) in [6.45, 7) is 3.26. The average molecular weight is 241 g/mol. The highest BCUT2D eigenvalue weighted by atomic mass is 32.1. The van der Waals surface area contributed by atoms with Crippen molar-refractivity contribution in [3.05, 3.63) is 58.4 Å². The van der Waals surface area contributed by atoms with Crippen molar-refractivity contribution in [2.24, 2.45) is 0 Å². The van der Waals surface area contributed by atoms with Gasteiger partial charge in [-0.3, -0.25) is 0 Å². The molecule has 3 aromatic rings. The van der Waals surface area contributed by atoms with Gasteiger partial charge in [-0.05, 0) is 42.3 Å². The SMILES string of the molecule is Cc1cc2ccccc2n1CCc1cccs1. The lowest BCUT2D eigenvalue weighted by molar-refractivity contribution is 0.709. The smallest absolute Gasteiger partial charge is 0.0482 e. The van der Waals surface area contributed by atoms with Gasteiger partial charge in [-0.1, -0.05) is 24.3 Å². The molecule has 0 bridgehead atoms. The van der Waals surface area contributed by atoms with E-state index in [-0.39, 0.29) is 0 Å². The Bertz CT molecular complexity index is 619. The molecule has 0 aliphatic carbocycles. The van der Waals surface area contributed by atoms with Crippen LogP contribution in [0.15, 0.2) is 47.8 Å². The molecule has 0 radical (unpaired) electrons. The number of aromatic nitrogens is 1. The van der Waals surface area contributed by atoms with Crippen LogP contribution in [0.2, 0.25) is 0 Å². The summed E-state index contributed by atoms with van der Waals surface area (Å²) in [7, 11) is 0. The first-order chi connectivity index (χ1) is 8.34. The van der Waals surface area contributed by atoms with Crippen molar-refractivity contribution in [3.63, 3.8) is 0 Å². The molecule has 86 valence electrons. The molecular weight excluding hydrogens is 226 g/mol. The minimum Gasteiger partial charge on any atom is -0.345 e. The van der Waals surface area contributed by atoms with Gasteiger partial charge in [-0.15, -0.1) is 11.3 Å². The maximum absolute atomic E-state index is 2.41. The third-order valence-electron chi connectivity index (χ3n) is 3.18. The van der Waals surface area contributed by atoms with Crippen LogP contribution in [0.25, 0.3) is 10.9 Å². The summed E-state index contributed by atoms with van der Waals surface area (Å²) in [6.07, 6.45) is 1.12. The number of para-hydroxylation sites is 1. The monoisotopic (exact) mass is 241 g/mol. The molecule has 0 amide bonds. The van der Waals surface area contributed by atoms with Crippen molar-refractivity contribution in [2.75, 3.05) is 0 Å². The molecule has 0 saturated carbocycles. The van der Waals surface area contributed by atoms with Crippen LogP contribution in [0, 0.1) is 6.92 Å². The lowest BCUT2D eigenvalue weighted by Gasteiger charge is -2.07. The van der Waals surface area contributed by atoms with Crippen LogP contribution in [-0.2, 0) is 13.0 Å². The van der Waals surface area contributed by atoms with Crippen molar-refractivity contribution in [1.82, 2.24) is 4.57 Å². The largest absolute Gasteiger partial charge is 0.345 e. The lowest BCUT2D eigenvalue weighted by atomic mass is 10.2. The molecular formula is C15H15NS. The van der Waals surface area contributed by atoms with E-state index in [0.29, 0.717) is 0 Å². The summed E-state index contributed by atoms with van der Waals surface area (Å²) in [5.74, 6) is 0. The molecule has 0 unspecified atom stereocenters. The fraction of sp³-hybridized carbons (Fsp3) is 0.200. The first-order valence-corrected chi connectivity index (χ1v) is 6.80. The number of nitrogens with zero attached hydrogens (tertiary/aromatic N) is 1. The first kappa shape index (κ1) is 10.6. The van der Waals surface area contributed by atoms with Crippen LogP contribution < -0.4 is 0 Å². The predicted octanol–water partition coefficient (Wildman–Crippen LogP) is 4.25. The molecule has 1 nitrogen and oxygen atoms in total. The van der Waals surface area contributed by atoms with E-state index in [1.807, 2.05) is 11.3 Å². The second kappa shape index (κ2) is 4.38. The van der Waals surface area contributed by atoms with Crippen LogP contribution in [0.1, 0.15) is 10.6 Å². The van der Waals surface area contributed by atoms with E-state index in [2.05, 4.69) is 59.3 Å². The summed E-state index contributed by atoms with van der Waals surface area (Å²) in [5.41, 5.74) is 2.70. The van der Waals surface area contributed by atoms with Crippen LogP contribution in [0.5, 0.6) is 0 Å². The Balaban J connectivity index is 1.92. The highest BCUT2D eigenvalue weighted by Crippen LogP contribution is 2.20. The maximum Gasteiger partial charge on any atom is 0.0482 e. The maximum atomic E-state index is 2.41. The molecule has 0 fully saturated rings. The molecule has 17 heavy (non-hydrogen) atoms. The van der Waals surface area contributed by atoms with E-state index < -0.39 is 0 Å². The summed E-state index contributed by atoms with van der Waals surface area (Å²) < 4.78 is 2.41. The molecule has 1 aromatic carbocycles. The van der Waals surface area contributed by atoms with Gasteiger partial charge in [0, 0.05) is 22.6 Å².